The van der Waals surface area contributed by atoms with Gasteiger partial charge in [-0.05, 0) is 55.7 Å². The van der Waals surface area contributed by atoms with Gasteiger partial charge in [0.15, 0.2) is 0 Å². The molecule has 21 heavy (non-hydrogen) atoms. The van der Waals surface area contributed by atoms with Gasteiger partial charge in [-0.1, -0.05) is 13.8 Å². The van der Waals surface area contributed by atoms with Crippen LogP contribution in [-0.2, 0) is 10.0 Å². The van der Waals surface area contributed by atoms with Gasteiger partial charge in [0.2, 0.25) is 10.0 Å². The molecule has 0 saturated heterocycles. The first-order chi connectivity index (χ1) is 9.68. The topological polar surface area (TPSA) is 98.2 Å². The van der Waals surface area contributed by atoms with Crippen LogP contribution in [0.4, 0.5) is 11.4 Å². The quantitative estimate of drug-likeness (QED) is 0.747. The van der Waals surface area contributed by atoms with Crippen LogP contribution in [0, 0.1) is 18.8 Å². The molecule has 3 unspecified atom stereocenters. The molecule has 1 aromatic rings. The largest absolute Gasteiger partial charge is 0.399 e. The van der Waals surface area contributed by atoms with E-state index < -0.39 is 10.0 Å². The molecule has 1 saturated carbocycles. The summed E-state index contributed by atoms with van der Waals surface area (Å²) in [5.41, 5.74) is 7.63. The van der Waals surface area contributed by atoms with Crippen molar-refractivity contribution in [3.05, 3.63) is 17.7 Å². The van der Waals surface area contributed by atoms with Crippen LogP contribution in [0.2, 0.25) is 0 Å². The summed E-state index contributed by atoms with van der Waals surface area (Å²) in [4.78, 5) is 0.0993. The average Bonchev–Trinajstić information content (AvgIpc) is 2.36. The second-order valence-electron chi connectivity index (χ2n) is 6.35. The van der Waals surface area contributed by atoms with Crippen molar-refractivity contribution in [1.82, 2.24) is 0 Å². The van der Waals surface area contributed by atoms with Crippen molar-refractivity contribution in [2.24, 2.45) is 17.0 Å². The van der Waals surface area contributed by atoms with E-state index in [9.17, 15) is 8.42 Å². The Balaban J connectivity index is 2.27. The Hall–Kier alpha value is -1.27. The Bertz CT molecular complexity index is 628. The highest BCUT2D eigenvalue weighted by Crippen LogP contribution is 2.33. The number of benzene rings is 1. The van der Waals surface area contributed by atoms with Crippen molar-refractivity contribution in [2.45, 2.75) is 51.0 Å². The fourth-order valence-electron chi connectivity index (χ4n) is 3.05. The van der Waals surface area contributed by atoms with E-state index in [4.69, 9.17) is 10.9 Å². The van der Waals surface area contributed by atoms with Crippen molar-refractivity contribution in [3.8, 4) is 0 Å². The highest BCUT2D eigenvalue weighted by molar-refractivity contribution is 7.89. The van der Waals surface area contributed by atoms with E-state index in [2.05, 4.69) is 19.2 Å². The van der Waals surface area contributed by atoms with E-state index >= 15 is 0 Å². The van der Waals surface area contributed by atoms with E-state index in [-0.39, 0.29) is 4.90 Å². The molecule has 6 heteroatoms. The van der Waals surface area contributed by atoms with Crippen molar-refractivity contribution < 1.29 is 8.42 Å². The van der Waals surface area contributed by atoms with Crippen LogP contribution in [0.3, 0.4) is 0 Å². The molecule has 0 amide bonds. The molecule has 3 atom stereocenters. The molecule has 1 fully saturated rings. The second kappa shape index (κ2) is 5.85. The monoisotopic (exact) mass is 311 g/mol. The molecule has 1 aliphatic carbocycles. The van der Waals surface area contributed by atoms with Gasteiger partial charge in [-0.15, -0.1) is 0 Å². The van der Waals surface area contributed by atoms with Gasteiger partial charge < -0.3 is 11.1 Å². The molecule has 1 aromatic carbocycles. The van der Waals surface area contributed by atoms with Gasteiger partial charge in [-0.25, -0.2) is 13.6 Å². The molecule has 1 aliphatic rings. The van der Waals surface area contributed by atoms with E-state index in [1.807, 2.05) is 0 Å². The van der Waals surface area contributed by atoms with Crippen LogP contribution in [0.5, 0.6) is 0 Å². The summed E-state index contributed by atoms with van der Waals surface area (Å²) in [7, 11) is -3.76. The van der Waals surface area contributed by atoms with Crippen LogP contribution < -0.4 is 16.2 Å². The number of anilines is 2. The van der Waals surface area contributed by atoms with E-state index in [0.717, 1.165) is 24.4 Å². The van der Waals surface area contributed by atoms with Crippen LogP contribution in [-0.4, -0.2) is 14.5 Å². The minimum Gasteiger partial charge on any atom is -0.399 e. The third-order valence-corrected chi connectivity index (χ3v) is 5.68. The number of nitrogen functional groups attached to an aromatic ring is 1. The molecule has 0 aromatic heterocycles. The van der Waals surface area contributed by atoms with Gasteiger partial charge in [0.1, 0.15) is 0 Å². The van der Waals surface area contributed by atoms with Gasteiger partial charge >= 0.3 is 0 Å². The molecule has 2 rings (SSSR count). The zero-order valence-corrected chi connectivity index (χ0v) is 13.7. The molecule has 0 heterocycles. The minimum atomic E-state index is -3.76. The maximum absolute atomic E-state index is 11.6. The highest BCUT2D eigenvalue weighted by atomic mass is 32.2. The van der Waals surface area contributed by atoms with Crippen molar-refractivity contribution in [1.29, 1.82) is 0 Å². The number of hydrogen-bond acceptors (Lipinski definition) is 4. The molecule has 5 nitrogen and oxygen atoms in total. The number of sulfonamides is 1. The summed E-state index contributed by atoms with van der Waals surface area (Å²) in [5, 5.41) is 8.71. The Kier molecular flexibility index (Phi) is 4.49. The summed E-state index contributed by atoms with van der Waals surface area (Å²) in [6, 6.07) is 3.55. The predicted molar refractivity (Wildman–Crippen MR) is 86.6 cm³/mol. The zero-order valence-electron chi connectivity index (χ0n) is 12.9. The molecule has 0 bridgehead atoms. The summed E-state index contributed by atoms with van der Waals surface area (Å²) in [6.45, 7) is 6.31. The van der Waals surface area contributed by atoms with Gasteiger partial charge in [-0.2, -0.15) is 0 Å². The number of hydrogen-bond donors (Lipinski definition) is 3. The van der Waals surface area contributed by atoms with Gasteiger partial charge in [0.05, 0.1) is 4.90 Å². The van der Waals surface area contributed by atoms with Gasteiger partial charge in [-0.3, -0.25) is 0 Å². The fourth-order valence-corrected chi connectivity index (χ4v) is 3.89. The molecular weight excluding hydrogens is 286 g/mol. The van der Waals surface area contributed by atoms with Crippen molar-refractivity contribution in [2.75, 3.05) is 11.1 Å². The number of nitrogens with two attached hydrogens (primary N) is 2. The van der Waals surface area contributed by atoms with E-state index in [1.165, 1.54) is 12.5 Å². The lowest BCUT2D eigenvalue weighted by atomic mass is 9.79. The van der Waals surface area contributed by atoms with E-state index in [1.54, 1.807) is 13.0 Å². The SMILES string of the molecule is Cc1c(NC2CCC(C)C(C)C2)cc(N)cc1S(N)(=O)=O. The van der Waals surface area contributed by atoms with Gasteiger partial charge in [0.25, 0.3) is 0 Å². The summed E-state index contributed by atoms with van der Waals surface area (Å²) in [5.74, 6) is 1.40. The Morgan fingerprint density at radius 2 is 1.86 bits per heavy atom. The summed E-state index contributed by atoms with van der Waals surface area (Å²) >= 11 is 0. The first kappa shape index (κ1) is 16.1. The molecular formula is C15H25N3O2S. The third-order valence-electron chi connectivity index (χ3n) is 4.65. The first-order valence-electron chi connectivity index (χ1n) is 7.38. The van der Waals surface area contributed by atoms with Crippen LogP contribution in [0.15, 0.2) is 17.0 Å². The summed E-state index contributed by atoms with van der Waals surface area (Å²) in [6.07, 6.45) is 3.35. The van der Waals surface area contributed by atoms with Crippen LogP contribution in [0.1, 0.15) is 38.7 Å². The lowest BCUT2D eigenvalue weighted by Gasteiger charge is -2.33. The second-order valence-corrected chi connectivity index (χ2v) is 7.88. The summed E-state index contributed by atoms with van der Waals surface area (Å²) < 4.78 is 23.3. The first-order valence-corrected chi connectivity index (χ1v) is 8.92. The average molecular weight is 311 g/mol. The van der Waals surface area contributed by atoms with E-state index in [0.29, 0.717) is 23.2 Å². The Labute approximate surface area is 127 Å². The van der Waals surface area contributed by atoms with Crippen molar-refractivity contribution in [3.63, 3.8) is 0 Å². The highest BCUT2D eigenvalue weighted by Gasteiger charge is 2.25. The maximum Gasteiger partial charge on any atom is 0.238 e. The number of rotatable bonds is 3. The Morgan fingerprint density at radius 3 is 2.43 bits per heavy atom. The standard InChI is InChI=1S/C15H25N3O2S/c1-9-4-5-13(6-10(9)2)18-14-7-12(16)8-15(11(14)3)21(17,19)20/h7-10,13,18H,4-6,16H2,1-3H3,(H2,17,19,20). The van der Waals surface area contributed by atoms with Crippen LogP contribution >= 0.6 is 0 Å². The lowest BCUT2D eigenvalue weighted by Crippen LogP contribution is -2.30. The fraction of sp³-hybridized carbons (Fsp3) is 0.600. The number of nitrogens with one attached hydrogen (secondary N) is 1. The molecule has 118 valence electrons. The zero-order chi connectivity index (χ0) is 15.8. The third kappa shape index (κ3) is 3.68. The van der Waals surface area contributed by atoms with Gasteiger partial charge in [0, 0.05) is 17.4 Å². The lowest BCUT2D eigenvalue weighted by molar-refractivity contribution is 0.261. The predicted octanol–water partition coefficient (Wildman–Crippen LogP) is 2.46. The number of primary sulfonamides is 1. The molecule has 5 N–H and O–H groups in total. The van der Waals surface area contributed by atoms with Crippen LogP contribution in [0.25, 0.3) is 0 Å². The minimum absolute atomic E-state index is 0.0993. The normalized spacial score (nSPS) is 26.6. The molecule has 0 spiro atoms. The van der Waals surface area contributed by atoms with Crippen molar-refractivity contribution >= 4 is 21.4 Å². The maximum atomic E-state index is 11.6. The molecule has 0 aliphatic heterocycles. The Morgan fingerprint density at radius 1 is 1.19 bits per heavy atom. The smallest absolute Gasteiger partial charge is 0.238 e. The molecule has 0 radical (unpaired) electrons.